The highest BCUT2D eigenvalue weighted by Crippen LogP contribution is 2.11. The third-order valence-corrected chi connectivity index (χ3v) is 6.50. The lowest BCUT2D eigenvalue weighted by Gasteiger charge is -2.10. The van der Waals surface area contributed by atoms with E-state index in [1.807, 2.05) is 0 Å². The van der Waals surface area contributed by atoms with Crippen LogP contribution < -0.4 is 5.32 Å². The molecule has 4 N–H and O–H groups in total. The molecule has 0 spiro atoms. The van der Waals surface area contributed by atoms with Gasteiger partial charge in [-0.2, -0.15) is 8.42 Å². The number of aliphatic hydroxyl groups excluding tert-OH is 1. The Balaban J connectivity index is 3.66. The molecule has 0 fully saturated rings. The van der Waals surface area contributed by atoms with Crippen molar-refractivity contribution >= 4 is 28.0 Å². The van der Waals surface area contributed by atoms with Crippen molar-refractivity contribution in [3.8, 4) is 0 Å². The molecule has 35 heavy (non-hydrogen) atoms. The Labute approximate surface area is 209 Å². The Morgan fingerprint density at radius 1 is 0.971 bits per heavy atom. The van der Waals surface area contributed by atoms with Crippen LogP contribution in [-0.4, -0.2) is 65.5 Å². The van der Waals surface area contributed by atoms with Crippen molar-refractivity contribution in [3.63, 3.8) is 0 Å². The Kier molecular flexibility index (Phi) is 19.1. The van der Waals surface area contributed by atoms with Crippen LogP contribution >= 0.6 is 0 Å². The number of carbonyl (C=O) groups is 3. The van der Waals surface area contributed by atoms with Gasteiger partial charge in [-0.15, -0.1) is 0 Å². The Morgan fingerprint density at radius 2 is 1.63 bits per heavy atom. The van der Waals surface area contributed by atoms with Crippen LogP contribution in [0.4, 0.5) is 0 Å². The monoisotopic (exact) mass is 521 g/mol. The van der Waals surface area contributed by atoms with Crippen LogP contribution in [0.3, 0.4) is 0 Å². The van der Waals surface area contributed by atoms with Crippen molar-refractivity contribution in [1.82, 2.24) is 5.32 Å². The van der Waals surface area contributed by atoms with E-state index in [1.54, 1.807) is 0 Å². The molecule has 0 aliphatic rings. The molecule has 2 atom stereocenters. The van der Waals surface area contributed by atoms with Gasteiger partial charge in [0, 0.05) is 6.42 Å². The van der Waals surface area contributed by atoms with Crippen LogP contribution in [0.1, 0.15) is 96.8 Å². The highest BCUT2D eigenvalue weighted by Gasteiger charge is 2.33. The van der Waals surface area contributed by atoms with E-state index < -0.39 is 33.7 Å². The van der Waals surface area contributed by atoms with Crippen LogP contribution in [0.2, 0.25) is 0 Å². The molecule has 0 heterocycles. The molecule has 0 aromatic rings. The van der Waals surface area contributed by atoms with Crippen molar-refractivity contribution in [2.45, 2.75) is 108 Å². The van der Waals surface area contributed by atoms with Gasteiger partial charge in [-0.25, -0.2) is 0 Å². The Morgan fingerprint density at radius 3 is 2.29 bits per heavy atom. The number of amides is 1. The first-order valence-electron chi connectivity index (χ1n) is 12.5. The van der Waals surface area contributed by atoms with E-state index in [1.165, 1.54) is 19.3 Å². The molecule has 0 unspecified atom stereocenters. The van der Waals surface area contributed by atoms with Gasteiger partial charge in [-0.05, 0) is 32.1 Å². The zero-order valence-corrected chi connectivity index (χ0v) is 21.6. The minimum absolute atomic E-state index is 0.0218. The number of carboxylic acids is 1. The number of rotatable bonds is 22. The number of ether oxygens (including phenoxy) is 1. The van der Waals surface area contributed by atoms with Crippen molar-refractivity contribution in [1.29, 1.82) is 0 Å². The minimum Gasteiger partial charge on any atom is -0.480 e. The van der Waals surface area contributed by atoms with E-state index in [0.717, 1.165) is 51.4 Å². The van der Waals surface area contributed by atoms with Crippen molar-refractivity contribution in [3.05, 3.63) is 12.2 Å². The SMILES string of the molecule is CCCCCC[C@@H](O)C/C=C/CCCCCCCC(=O)NCCOC(=O)C[C@H](C(=O)O)S(=O)(=O)O. The molecule has 0 aliphatic heterocycles. The molecule has 0 radical (unpaired) electrons. The first kappa shape index (κ1) is 33.0. The van der Waals surface area contributed by atoms with E-state index in [2.05, 4.69) is 24.4 Å². The maximum atomic E-state index is 11.8. The number of carboxylic acid groups (broad SMARTS) is 1. The summed E-state index contributed by atoms with van der Waals surface area (Å²) in [5.41, 5.74) is 0. The largest absolute Gasteiger partial charge is 0.480 e. The second-order valence-electron chi connectivity index (χ2n) is 8.63. The summed E-state index contributed by atoms with van der Waals surface area (Å²) in [4.78, 5) is 34.1. The standard InChI is InChI=1S/C24H43NO9S/c1-2-3-4-11-14-20(26)15-12-9-7-5-6-8-10-13-16-22(27)25-17-18-34-23(28)19-21(24(29)30)35(31,32)33/h9,12,20-21,26H,2-8,10-11,13-19H2,1H3,(H,25,27)(H,29,30)(H,31,32,33)/b12-9+/t20-,21-/m1/s1. The van der Waals surface area contributed by atoms with Crippen molar-refractivity contribution < 1.29 is 42.3 Å². The number of hydrogen-bond acceptors (Lipinski definition) is 7. The predicted molar refractivity (Wildman–Crippen MR) is 132 cm³/mol. The maximum Gasteiger partial charge on any atom is 0.325 e. The van der Waals surface area contributed by atoms with Crippen LogP contribution in [0.5, 0.6) is 0 Å². The quantitative estimate of drug-likeness (QED) is 0.0722. The lowest BCUT2D eigenvalue weighted by molar-refractivity contribution is -0.147. The normalized spacial score (nSPS) is 13.5. The summed E-state index contributed by atoms with van der Waals surface area (Å²) in [5.74, 6) is -3.14. The molecule has 0 rings (SSSR count). The van der Waals surface area contributed by atoms with Crippen LogP contribution in [0, 0.1) is 0 Å². The number of carbonyl (C=O) groups excluding carboxylic acids is 2. The molecule has 0 aromatic heterocycles. The fraction of sp³-hybridized carbons (Fsp3) is 0.792. The van der Waals surface area contributed by atoms with Gasteiger partial charge in [-0.1, -0.05) is 64.0 Å². The fourth-order valence-electron chi connectivity index (χ4n) is 3.35. The number of esters is 1. The van der Waals surface area contributed by atoms with Gasteiger partial charge in [0.05, 0.1) is 19.1 Å². The summed E-state index contributed by atoms with van der Waals surface area (Å²) in [5, 5.41) is 18.9. The summed E-state index contributed by atoms with van der Waals surface area (Å²) in [7, 11) is -4.92. The maximum absolute atomic E-state index is 11.8. The third-order valence-electron chi connectivity index (χ3n) is 5.41. The molecule has 204 valence electrons. The van der Waals surface area contributed by atoms with Gasteiger partial charge >= 0.3 is 11.9 Å². The number of aliphatic hydroxyl groups is 1. The number of nitrogens with one attached hydrogen (secondary N) is 1. The van der Waals surface area contributed by atoms with Gasteiger partial charge < -0.3 is 20.3 Å². The van der Waals surface area contributed by atoms with Gasteiger partial charge in [0.1, 0.15) is 6.61 Å². The number of unbranched alkanes of at least 4 members (excludes halogenated alkanes) is 8. The Hall–Kier alpha value is -1.98. The minimum atomic E-state index is -4.92. The molecule has 0 aromatic carbocycles. The Bertz CT molecular complexity index is 737. The number of aliphatic carboxylic acids is 1. The van der Waals surface area contributed by atoms with Crippen LogP contribution in [0.25, 0.3) is 0 Å². The number of allylic oxidation sites excluding steroid dienone is 1. The lowest BCUT2D eigenvalue weighted by Crippen LogP contribution is -2.33. The summed E-state index contributed by atoms with van der Waals surface area (Å²) in [6.45, 7) is 1.96. The first-order chi connectivity index (χ1) is 16.6. The smallest absolute Gasteiger partial charge is 0.325 e. The molecule has 0 aliphatic carbocycles. The van der Waals surface area contributed by atoms with E-state index in [0.29, 0.717) is 12.8 Å². The highest BCUT2D eigenvalue weighted by atomic mass is 32.2. The summed E-state index contributed by atoms with van der Waals surface area (Å²) >= 11 is 0. The molecule has 10 nitrogen and oxygen atoms in total. The van der Waals surface area contributed by atoms with Crippen LogP contribution in [0.15, 0.2) is 12.2 Å². The molecule has 11 heteroatoms. The lowest BCUT2D eigenvalue weighted by atomic mass is 10.1. The molecule has 0 saturated heterocycles. The van der Waals surface area contributed by atoms with E-state index in [-0.39, 0.29) is 25.2 Å². The highest BCUT2D eigenvalue weighted by molar-refractivity contribution is 7.87. The van der Waals surface area contributed by atoms with Crippen LogP contribution in [-0.2, 0) is 29.2 Å². The zero-order valence-electron chi connectivity index (χ0n) is 20.8. The molecule has 0 saturated carbocycles. The van der Waals surface area contributed by atoms with Gasteiger partial charge in [-0.3, -0.25) is 18.9 Å². The van der Waals surface area contributed by atoms with Gasteiger partial charge in [0.2, 0.25) is 5.91 Å². The first-order valence-corrected chi connectivity index (χ1v) is 14.0. The second-order valence-corrected chi connectivity index (χ2v) is 10.2. The van der Waals surface area contributed by atoms with Gasteiger partial charge in [0.25, 0.3) is 10.1 Å². The molecule has 0 bridgehead atoms. The fourth-order valence-corrected chi connectivity index (χ4v) is 3.95. The zero-order chi connectivity index (χ0) is 26.5. The molecular weight excluding hydrogens is 478 g/mol. The van der Waals surface area contributed by atoms with E-state index >= 15 is 0 Å². The topological polar surface area (TPSA) is 167 Å². The number of hydrogen-bond donors (Lipinski definition) is 4. The predicted octanol–water partition coefficient (Wildman–Crippen LogP) is 3.39. The van der Waals surface area contributed by atoms with E-state index in [9.17, 15) is 27.9 Å². The third kappa shape index (κ3) is 20.0. The average Bonchev–Trinajstić information content (AvgIpc) is 2.78. The second kappa shape index (κ2) is 20.2. The van der Waals surface area contributed by atoms with E-state index in [4.69, 9.17) is 14.4 Å². The summed E-state index contributed by atoms with van der Waals surface area (Å²) in [6.07, 6.45) is 15.4. The van der Waals surface area contributed by atoms with Gasteiger partial charge in [0.15, 0.2) is 5.25 Å². The molecular formula is C24H43NO9S. The summed E-state index contributed by atoms with van der Waals surface area (Å²) in [6, 6.07) is 0. The van der Waals surface area contributed by atoms with Crippen molar-refractivity contribution in [2.75, 3.05) is 13.2 Å². The average molecular weight is 522 g/mol. The summed E-state index contributed by atoms with van der Waals surface area (Å²) < 4.78 is 35.3. The molecule has 1 amide bonds. The van der Waals surface area contributed by atoms with Crippen molar-refractivity contribution in [2.24, 2.45) is 0 Å².